The summed E-state index contributed by atoms with van der Waals surface area (Å²) in [5, 5.41) is 13.7. The Hall–Kier alpha value is -1.85. The summed E-state index contributed by atoms with van der Waals surface area (Å²) in [4.78, 5) is 0. The monoisotopic (exact) mass is 378 g/mol. The average Bonchev–Trinajstić information content (AvgIpc) is 3.13. The Labute approximate surface area is 165 Å². The molecule has 1 N–H and O–H groups in total. The van der Waals surface area contributed by atoms with Gasteiger partial charge in [-0.25, -0.2) is 0 Å². The van der Waals surface area contributed by atoms with Crippen LogP contribution in [0.2, 0.25) is 0 Å². The maximum Gasteiger partial charge on any atom is 0.127 e. The highest BCUT2D eigenvalue weighted by Gasteiger charge is 2.43. The number of rotatable bonds is 5. The molecule has 2 atom stereocenters. The van der Waals surface area contributed by atoms with Crippen LogP contribution in [0, 0.1) is 5.92 Å². The second-order valence-electron chi connectivity index (χ2n) is 8.51. The van der Waals surface area contributed by atoms with Crippen molar-refractivity contribution in [1.29, 1.82) is 0 Å². The van der Waals surface area contributed by atoms with Crippen molar-refractivity contribution in [2.75, 3.05) is 0 Å². The van der Waals surface area contributed by atoms with E-state index in [4.69, 9.17) is 0 Å². The Kier molecular flexibility index (Phi) is 5.63. The number of para-hydroxylation sites is 1. The summed E-state index contributed by atoms with van der Waals surface area (Å²) in [5.74, 6) is 0.952. The number of phenolic OH excluding ortho intramolecular Hbond substituents is 1. The Bertz CT molecular complexity index is 830. The quantitative estimate of drug-likeness (QED) is 0.630. The zero-order chi connectivity index (χ0) is 19.7. The highest BCUT2D eigenvalue weighted by molar-refractivity contribution is 7.75. The Morgan fingerprint density at radius 2 is 1.59 bits per heavy atom. The molecule has 1 nitrogen and oxygen atoms in total. The maximum absolute atomic E-state index is 11.4. The molecule has 2 heteroatoms. The van der Waals surface area contributed by atoms with Crippen LogP contribution in [0.4, 0.5) is 0 Å². The van der Waals surface area contributed by atoms with Crippen LogP contribution in [0.5, 0.6) is 5.75 Å². The number of benzene rings is 2. The van der Waals surface area contributed by atoms with Crippen LogP contribution in [0.25, 0.3) is 0 Å². The van der Waals surface area contributed by atoms with Crippen molar-refractivity contribution in [2.24, 2.45) is 5.92 Å². The summed E-state index contributed by atoms with van der Waals surface area (Å²) in [6.07, 6.45) is 10.2. The molecule has 27 heavy (non-hydrogen) atoms. The van der Waals surface area contributed by atoms with Crippen molar-refractivity contribution >= 4 is 18.5 Å². The molecule has 0 fully saturated rings. The van der Waals surface area contributed by atoms with E-state index in [9.17, 15) is 5.11 Å². The van der Waals surface area contributed by atoms with Gasteiger partial charge in [0.05, 0.1) is 0 Å². The van der Waals surface area contributed by atoms with Gasteiger partial charge >= 0.3 is 0 Å². The predicted octanol–water partition coefficient (Wildman–Crippen LogP) is 6.03. The highest BCUT2D eigenvalue weighted by Crippen LogP contribution is 2.58. The van der Waals surface area contributed by atoms with Crippen molar-refractivity contribution in [3.05, 3.63) is 78.4 Å². The number of phenols is 1. The zero-order valence-electron chi connectivity index (χ0n) is 17.1. The second kappa shape index (κ2) is 7.64. The molecule has 2 aromatic rings. The minimum Gasteiger partial charge on any atom is -0.507 e. The standard InChI is InChI=1S/C25H31OP/c1-6-19(2)25(17-10-11-18-25)27(20-13-8-7-9-14-20)22-16-12-15-21(23(22)26)24(3,4)5/h7-19,26H,6H2,1-5H3. The lowest BCUT2D eigenvalue weighted by atomic mass is 9.86. The van der Waals surface area contributed by atoms with Crippen molar-refractivity contribution in [3.63, 3.8) is 0 Å². The van der Waals surface area contributed by atoms with Crippen molar-refractivity contribution in [2.45, 2.75) is 51.6 Å². The lowest BCUT2D eigenvalue weighted by molar-refractivity contribution is 0.450. The number of allylic oxidation sites excluding steroid dienone is 4. The number of hydrogen-bond donors (Lipinski definition) is 1. The fourth-order valence-corrected chi connectivity index (χ4v) is 7.24. The normalized spacial score (nSPS) is 17.8. The molecule has 0 saturated carbocycles. The van der Waals surface area contributed by atoms with E-state index in [-0.39, 0.29) is 10.6 Å². The van der Waals surface area contributed by atoms with Gasteiger partial charge in [-0.05, 0) is 30.1 Å². The number of aromatic hydroxyl groups is 1. The zero-order valence-corrected chi connectivity index (χ0v) is 18.0. The molecule has 0 bridgehead atoms. The first kappa shape index (κ1) is 19.9. The largest absolute Gasteiger partial charge is 0.507 e. The lowest BCUT2D eigenvalue weighted by Crippen LogP contribution is -2.36. The molecule has 1 aliphatic rings. The molecular formula is C25H31OP. The molecule has 1 aliphatic carbocycles. The van der Waals surface area contributed by atoms with Crippen LogP contribution < -0.4 is 10.6 Å². The van der Waals surface area contributed by atoms with Crippen LogP contribution in [0.15, 0.2) is 72.8 Å². The molecule has 142 valence electrons. The summed E-state index contributed by atoms with van der Waals surface area (Å²) in [6.45, 7) is 11.1. The third kappa shape index (κ3) is 3.63. The fraction of sp³-hybridized carbons (Fsp3) is 0.360. The van der Waals surface area contributed by atoms with Crippen LogP contribution in [0.1, 0.15) is 46.6 Å². The maximum atomic E-state index is 11.4. The summed E-state index contributed by atoms with van der Waals surface area (Å²) in [7, 11) is -0.789. The van der Waals surface area contributed by atoms with Gasteiger partial charge in [-0.2, -0.15) is 0 Å². The van der Waals surface area contributed by atoms with Gasteiger partial charge in [0.15, 0.2) is 0 Å². The molecule has 0 saturated heterocycles. The minimum atomic E-state index is -0.789. The topological polar surface area (TPSA) is 20.2 Å². The summed E-state index contributed by atoms with van der Waals surface area (Å²) >= 11 is 0. The van der Waals surface area contributed by atoms with E-state index in [1.54, 1.807) is 0 Å². The molecule has 0 radical (unpaired) electrons. The van der Waals surface area contributed by atoms with E-state index in [1.165, 1.54) is 5.30 Å². The fourth-order valence-electron chi connectivity index (χ4n) is 3.97. The molecule has 3 rings (SSSR count). The first-order valence-corrected chi connectivity index (χ1v) is 11.2. The molecular weight excluding hydrogens is 347 g/mol. The van der Waals surface area contributed by atoms with Gasteiger partial charge in [-0.3, -0.25) is 0 Å². The van der Waals surface area contributed by atoms with Crippen molar-refractivity contribution in [3.8, 4) is 5.75 Å². The third-order valence-electron chi connectivity index (χ3n) is 5.70. The van der Waals surface area contributed by atoms with E-state index in [0.29, 0.717) is 11.7 Å². The first-order valence-electron chi connectivity index (χ1n) is 9.86. The summed E-state index contributed by atoms with van der Waals surface area (Å²) in [6, 6.07) is 17.0. The molecule has 0 aliphatic heterocycles. The highest BCUT2D eigenvalue weighted by atomic mass is 31.1. The van der Waals surface area contributed by atoms with Gasteiger partial charge in [0.2, 0.25) is 0 Å². The minimum absolute atomic E-state index is 0.0700. The van der Waals surface area contributed by atoms with E-state index in [2.05, 4.69) is 107 Å². The van der Waals surface area contributed by atoms with Crippen LogP contribution >= 0.6 is 7.92 Å². The molecule has 2 aromatic carbocycles. The molecule has 0 amide bonds. The van der Waals surface area contributed by atoms with Gasteiger partial charge in [0.1, 0.15) is 5.75 Å². The summed E-state index contributed by atoms with van der Waals surface area (Å²) in [5.41, 5.74) is 0.927. The Balaban J connectivity index is 2.28. The first-order chi connectivity index (χ1) is 12.8. The van der Waals surface area contributed by atoms with Gasteiger partial charge < -0.3 is 5.11 Å². The Morgan fingerprint density at radius 3 is 2.15 bits per heavy atom. The lowest BCUT2D eigenvalue weighted by Gasteiger charge is -2.41. The van der Waals surface area contributed by atoms with E-state index in [0.717, 1.165) is 17.3 Å². The van der Waals surface area contributed by atoms with Crippen LogP contribution in [0.3, 0.4) is 0 Å². The summed E-state index contributed by atoms with van der Waals surface area (Å²) < 4.78 is 0. The van der Waals surface area contributed by atoms with Crippen LogP contribution in [-0.2, 0) is 5.41 Å². The van der Waals surface area contributed by atoms with E-state index >= 15 is 0 Å². The molecule has 0 heterocycles. The predicted molar refractivity (Wildman–Crippen MR) is 120 cm³/mol. The van der Waals surface area contributed by atoms with Crippen molar-refractivity contribution in [1.82, 2.24) is 0 Å². The SMILES string of the molecule is CCC(C)C1(P(c2ccccc2)c2cccc(C(C)(C)C)c2O)C=CC=C1. The van der Waals surface area contributed by atoms with Gasteiger partial charge in [0.25, 0.3) is 0 Å². The average molecular weight is 378 g/mol. The number of hydrogen-bond acceptors (Lipinski definition) is 1. The third-order valence-corrected chi connectivity index (χ3v) is 8.88. The van der Waals surface area contributed by atoms with Gasteiger partial charge in [0, 0.05) is 10.5 Å². The Morgan fingerprint density at radius 1 is 0.963 bits per heavy atom. The van der Waals surface area contributed by atoms with Gasteiger partial charge in [-0.1, -0.05) is 114 Å². The van der Waals surface area contributed by atoms with E-state index in [1.807, 2.05) is 0 Å². The molecule has 0 spiro atoms. The van der Waals surface area contributed by atoms with E-state index < -0.39 is 7.92 Å². The van der Waals surface area contributed by atoms with Gasteiger partial charge in [-0.15, -0.1) is 0 Å². The smallest absolute Gasteiger partial charge is 0.127 e. The van der Waals surface area contributed by atoms with Crippen molar-refractivity contribution < 1.29 is 5.11 Å². The molecule has 2 unspecified atom stereocenters. The van der Waals surface area contributed by atoms with Crippen LogP contribution in [-0.4, -0.2) is 10.3 Å². The molecule has 0 aromatic heterocycles. The second-order valence-corrected chi connectivity index (χ2v) is 11.0.